The number of carbonyl (C=O) groups is 1. The van der Waals surface area contributed by atoms with Gasteiger partial charge in [-0.1, -0.05) is 0 Å². The smallest absolute Gasteiger partial charge is 0.254 e. The van der Waals surface area contributed by atoms with Crippen molar-refractivity contribution in [2.45, 2.75) is 50.2 Å². The van der Waals surface area contributed by atoms with Crippen LogP contribution in [0.4, 0.5) is 0 Å². The molecule has 1 aromatic heterocycles. The number of benzene rings is 1. The Hall–Kier alpha value is -2.25. The number of sulfonamides is 1. The number of amides is 1. The molecule has 7 heteroatoms. The summed E-state index contributed by atoms with van der Waals surface area (Å²) in [5.74, 6) is -0.0786. The zero-order chi connectivity index (χ0) is 18.7. The largest absolute Gasteiger partial charge is 0.331 e. The van der Waals surface area contributed by atoms with E-state index in [4.69, 9.17) is 0 Å². The molecule has 1 heterocycles. The van der Waals surface area contributed by atoms with Crippen molar-refractivity contribution in [1.82, 2.24) is 14.6 Å². The van der Waals surface area contributed by atoms with Gasteiger partial charge in [0.05, 0.1) is 4.90 Å². The first-order valence-electron chi connectivity index (χ1n) is 8.69. The molecule has 1 fully saturated rings. The van der Waals surface area contributed by atoms with Crippen molar-refractivity contribution >= 4 is 15.9 Å². The Labute approximate surface area is 154 Å². The molecule has 3 rings (SSSR count). The van der Waals surface area contributed by atoms with Crippen LogP contribution in [0.15, 0.2) is 53.7 Å². The normalized spacial score (nSPS) is 14.4. The average molecular weight is 373 g/mol. The fourth-order valence-electron chi connectivity index (χ4n) is 2.76. The highest BCUT2D eigenvalue weighted by atomic mass is 32.2. The lowest BCUT2D eigenvalue weighted by molar-refractivity contribution is 0.0729. The number of rotatable bonds is 7. The fourth-order valence-corrected chi connectivity index (χ4v) is 4.01. The highest BCUT2D eigenvalue weighted by Crippen LogP contribution is 2.30. The zero-order valence-electron chi connectivity index (χ0n) is 14.9. The molecule has 0 bridgehead atoms. The van der Waals surface area contributed by atoms with Crippen LogP contribution in [0.1, 0.15) is 42.6 Å². The molecular weight excluding hydrogens is 350 g/mol. The lowest BCUT2D eigenvalue weighted by atomic mass is 10.1. The average Bonchev–Trinajstić information content (AvgIpc) is 3.44. The monoisotopic (exact) mass is 373 g/mol. The van der Waals surface area contributed by atoms with E-state index in [1.807, 2.05) is 17.0 Å². The summed E-state index contributed by atoms with van der Waals surface area (Å²) in [6.45, 7) is 4.06. The molecule has 1 aliphatic carbocycles. The van der Waals surface area contributed by atoms with Crippen LogP contribution in [0.3, 0.4) is 0 Å². The Morgan fingerprint density at radius 3 is 2.31 bits per heavy atom. The van der Waals surface area contributed by atoms with Crippen LogP contribution >= 0.6 is 0 Å². The summed E-state index contributed by atoms with van der Waals surface area (Å²) in [6, 6.07) is 9.99. The molecule has 1 saturated carbocycles. The molecule has 2 aromatic rings. The van der Waals surface area contributed by atoms with Gasteiger partial charge in [-0.25, -0.2) is 13.1 Å². The van der Waals surface area contributed by atoms with Crippen LogP contribution in [-0.4, -0.2) is 36.3 Å². The minimum absolute atomic E-state index is 0.0786. The summed E-state index contributed by atoms with van der Waals surface area (Å²) >= 11 is 0. The van der Waals surface area contributed by atoms with Crippen LogP contribution in [0.25, 0.3) is 0 Å². The predicted octanol–water partition coefficient (Wildman–Crippen LogP) is 2.57. The molecular formula is C19H23N3O3S. The maximum Gasteiger partial charge on any atom is 0.254 e. The summed E-state index contributed by atoms with van der Waals surface area (Å²) in [7, 11) is -3.56. The van der Waals surface area contributed by atoms with Crippen molar-refractivity contribution in [3.63, 3.8) is 0 Å². The van der Waals surface area contributed by atoms with Crippen molar-refractivity contribution in [2.75, 3.05) is 0 Å². The van der Waals surface area contributed by atoms with Gasteiger partial charge in [-0.3, -0.25) is 9.78 Å². The fraction of sp³-hybridized carbons (Fsp3) is 0.368. The van der Waals surface area contributed by atoms with Gasteiger partial charge < -0.3 is 4.90 Å². The first kappa shape index (κ1) is 18.5. The van der Waals surface area contributed by atoms with Crippen LogP contribution in [0.2, 0.25) is 0 Å². The molecule has 0 radical (unpaired) electrons. The third-order valence-corrected chi connectivity index (χ3v) is 5.83. The molecule has 0 atom stereocenters. The van der Waals surface area contributed by atoms with E-state index in [9.17, 15) is 13.2 Å². The molecule has 0 aliphatic heterocycles. The number of nitrogens with one attached hydrogen (secondary N) is 1. The summed E-state index contributed by atoms with van der Waals surface area (Å²) < 4.78 is 26.9. The number of nitrogens with zero attached hydrogens (tertiary/aromatic N) is 2. The van der Waals surface area contributed by atoms with Crippen molar-refractivity contribution in [3.05, 3.63) is 59.9 Å². The number of carbonyl (C=O) groups excluding carboxylic acids is 1. The molecule has 0 spiro atoms. The van der Waals surface area contributed by atoms with Gasteiger partial charge in [0.15, 0.2) is 0 Å². The summed E-state index contributed by atoms with van der Waals surface area (Å²) in [6.07, 6.45) is 5.43. The molecule has 1 aromatic carbocycles. The first-order chi connectivity index (χ1) is 12.4. The number of hydrogen-bond acceptors (Lipinski definition) is 4. The topological polar surface area (TPSA) is 79.4 Å². The van der Waals surface area contributed by atoms with Crippen LogP contribution < -0.4 is 4.72 Å². The van der Waals surface area contributed by atoms with Gasteiger partial charge in [-0.15, -0.1) is 0 Å². The van der Waals surface area contributed by atoms with Gasteiger partial charge in [-0.05, 0) is 68.7 Å². The third kappa shape index (κ3) is 4.47. The van der Waals surface area contributed by atoms with Crippen molar-refractivity contribution in [1.29, 1.82) is 0 Å². The number of pyridine rings is 1. The van der Waals surface area contributed by atoms with E-state index in [2.05, 4.69) is 9.71 Å². The number of hydrogen-bond donors (Lipinski definition) is 1. The molecule has 1 N–H and O–H groups in total. The number of aromatic nitrogens is 1. The van der Waals surface area contributed by atoms with E-state index in [1.165, 1.54) is 12.1 Å². The minimum Gasteiger partial charge on any atom is -0.331 e. The van der Waals surface area contributed by atoms with E-state index in [0.29, 0.717) is 12.1 Å². The van der Waals surface area contributed by atoms with Gasteiger partial charge in [-0.2, -0.15) is 0 Å². The minimum atomic E-state index is -3.56. The Kier molecular flexibility index (Phi) is 5.38. The summed E-state index contributed by atoms with van der Waals surface area (Å²) in [4.78, 5) is 18.9. The van der Waals surface area contributed by atoms with E-state index in [1.54, 1.807) is 38.4 Å². The van der Waals surface area contributed by atoms with Gasteiger partial charge in [0.2, 0.25) is 10.0 Å². The van der Waals surface area contributed by atoms with Crippen molar-refractivity contribution in [2.24, 2.45) is 0 Å². The second-order valence-electron chi connectivity index (χ2n) is 6.82. The lowest BCUT2D eigenvalue weighted by Crippen LogP contribution is -2.33. The Bertz CT molecular complexity index is 861. The highest BCUT2D eigenvalue weighted by Gasteiger charge is 2.33. The molecule has 6 nitrogen and oxygen atoms in total. The van der Waals surface area contributed by atoms with Crippen LogP contribution in [0.5, 0.6) is 0 Å². The second kappa shape index (κ2) is 7.55. The lowest BCUT2D eigenvalue weighted by Gasteiger charge is -2.22. The Balaban J connectivity index is 1.78. The Morgan fingerprint density at radius 2 is 1.77 bits per heavy atom. The SMILES string of the molecule is CC(C)NS(=O)(=O)c1ccc(C(=O)N(Cc2ccncc2)C2CC2)cc1. The summed E-state index contributed by atoms with van der Waals surface area (Å²) in [5, 5.41) is 0. The van der Waals surface area contributed by atoms with Crippen LogP contribution in [0, 0.1) is 0 Å². The standard InChI is InChI=1S/C19H23N3O3S/c1-14(2)21-26(24,25)18-7-3-16(4-8-18)19(23)22(17-5-6-17)13-15-9-11-20-12-10-15/h3-4,7-12,14,17,21H,5-6,13H2,1-2H3. The maximum atomic E-state index is 12.9. The molecule has 1 amide bonds. The molecule has 138 valence electrons. The van der Waals surface area contributed by atoms with E-state index in [0.717, 1.165) is 18.4 Å². The molecule has 0 unspecified atom stereocenters. The van der Waals surface area contributed by atoms with E-state index in [-0.39, 0.29) is 22.9 Å². The van der Waals surface area contributed by atoms with Crippen LogP contribution in [-0.2, 0) is 16.6 Å². The Morgan fingerprint density at radius 1 is 1.15 bits per heavy atom. The van der Waals surface area contributed by atoms with Gasteiger partial charge >= 0.3 is 0 Å². The zero-order valence-corrected chi connectivity index (χ0v) is 15.7. The second-order valence-corrected chi connectivity index (χ2v) is 8.53. The first-order valence-corrected chi connectivity index (χ1v) is 10.2. The van der Waals surface area contributed by atoms with Gasteiger partial charge in [0.25, 0.3) is 5.91 Å². The van der Waals surface area contributed by atoms with Crippen molar-refractivity contribution < 1.29 is 13.2 Å². The van der Waals surface area contributed by atoms with Crippen molar-refractivity contribution in [3.8, 4) is 0 Å². The molecule has 26 heavy (non-hydrogen) atoms. The third-order valence-electron chi connectivity index (χ3n) is 4.15. The van der Waals surface area contributed by atoms with E-state index >= 15 is 0 Å². The maximum absolute atomic E-state index is 12.9. The quantitative estimate of drug-likeness (QED) is 0.809. The van der Waals surface area contributed by atoms with Gasteiger partial charge in [0.1, 0.15) is 0 Å². The summed E-state index contributed by atoms with van der Waals surface area (Å²) in [5.41, 5.74) is 1.52. The predicted molar refractivity (Wildman–Crippen MR) is 99.0 cm³/mol. The molecule has 0 saturated heterocycles. The van der Waals surface area contributed by atoms with E-state index < -0.39 is 10.0 Å². The molecule has 1 aliphatic rings. The highest BCUT2D eigenvalue weighted by molar-refractivity contribution is 7.89. The van der Waals surface area contributed by atoms with Gasteiger partial charge in [0, 0.05) is 36.6 Å².